The molecule has 0 saturated carbocycles. The van der Waals surface area contributed by atoms with Crippen molar-refractivity contribution in [1.29, 1.82) is 0 Å². The summed E-state index contributed by atoms with van der Waals surface area (Å²) in [6.07, 6.45) is 11.0. The van der Waals surface area contributed by atoms with Crippen LogP contribution < -0.4 is 11.1 Å². The number of rotatable bonds is 4. The summed E-state index contributed by atoms with van der Waals surface area (Å²) in [5.41, 5.74) is 6.90. The molecule has 102 valence electrons. The summed E-state index contributed by atoms with van der Waals surface area (Å²) in [6.45, 7) is 2.68. The number of piperidine rings is 1. The zero-order chi connectivity index (χ0) is 12.8. The Labute approximate surface area is 110 Å². The van der Waals surface area contributed by atoms with Crippen LogP contribution in [-0.2, 0) is 0 Å². The SMILES string of the molecule is NC(=O)N1CCC(NCCC2=CCCCC2)CC1. The summed E-state index contributed by atoms with van der Waals surface area (Å²) >= 11 is 0. The van der Waals surface area contributed by atoms with Crippen molar-refractivity contribution >= 4 is 6.03 Å². The van der Waals surface area contributed by atoms with Crippen LogP contribution in [0.4, 0.5) is 4.79 Å². The van der Waals surface area contributed by atoms with Crippen molar-refractivity contribution in [3.63, 3.8) is 0 Å². The number of amides is 2. The molecular formula is C14H25N3O. The molecule has 0 atom stereocenters. The van der Waals surface area contributed by atoms with Gasteiger partial charge < -0.3 is 16.0 Å². The molecule has 3 N–H and O–H groups in total. The zero-order valence-electron chi connectivity index (χ0n) is 11.2. The third kappa shape index (κ3) is 4.02. The van der Waals surface area contributed by atoms with Gasteiger partial charge in [-0.2, -0.15) is 0 Å². The minimum absolute atomic E-state index is 0.277. The van der Waals surface area contributed by atoms with E-state index < -0.39 is 0 Å². The largest absolute Gasteiger partial charge is 0.351 e. The fraction of sp³-hybridized carbons (Fsp3) is 0.786. The van der Waals surface area contributed by atoms with Crippen molar-refractivity contribution in [2.75, 3.05) is 19.6 Å². The second-order valence-corrected chi connectivity index (χ2v) is 5.41. The van der Waals surface area contributed by atoms with Gasteiger partial charge in [-0.25, -0.2) is 4.79 Å². The molecule has 4 nitrogen and oxygen atoms in total. The quantitative estimate of drug-likeness (QED) is 0.751. The number of urea groups is 1. The lowest BCUT2D eigenvalue weighted by molar-refractivity contribution is 0.185. The molecule has 0 spiro atoms. The molecule has 1 aliphatic heterocycles. The van der Waals surface area contributed by atoms with E-state index in [9.17, 15) is 4.79 Å². The maximum atomic E-state index is 11.0. The number of hydrogen-bond acceptors (Lipinski definition) is 2. The zero-order valence-corrected chi connectivity index (χ0v) is 11.2. The number of carbonyl (C=O) groups is 1. The Kier molecular flexibility index (Phi) is 5.05. The first kappa shape index (κ1) is 13.4. The molecular weight excluding hydrogens is 226 g/mol. The predicted molar refractivity (Wildman–Crippen MR) is 73.3 cm³/mol. The van der Waals surface area contributed by atoms with Crippen molar-refractivity contribution in [1.82, 2.24) is 10.2 Å². The van der Waals surface area contributed by atoms with E-state index in [1.165, 1.54) is 32.1 Å². The van der Waals surface area contributed by atoms with E-state index in [1.54, 1.807) is 10.5 Å². The Morgan fingerprint density at radius 1 is 1.39 bits per heavy atom. The molecule has 0 radical (unpaired) electrons. The van der Waals surface area contributed by atoms with Gasteiger partial charge in [-0.1, -0.05) is 11.6 Å². The summed E-state index contributed by atoms with van der Waals surface area (Å²) in [6, 6.07) is 0.283. The van der Waals surface area contributed by atoms with Crippen LogP contribution in [0.5, 0.6) is 0 Å². The summed E-state index contributed by atoms with van der Waals surface area (Å²) < 4.78 is 0. The molecule has 0 aromatic rings. The molecule has 2 rings (SSSR count). The number of allylic oxidation sites excluding steroid dienone is 1. The number of carbonyl (C=O) groups excluding carboxylic acids is 1. The molecule has 1 fully saturated rings. The number of primary amides is 1. The van der Waals surface area contributed by atoms with Gasteiger partial charge in [0.25, 0.3) is 0 Å². The first-order valence-corrected chi connectivity index (χ1v) is 7.21. The standard InChI is InChI=1S/C14H25N3O/c15-14(18)17-10-7-13(8-11-17)16-9-6-12-4-2-1-3-5-12/h4,13,16H,1-3,5-11H2,(H2,15,18). The van der Waals surface area contributed by atoms with Gasteiger partial charge in [-0.15, -0.1) is 0 Å². The van der Waals surface area contributed by atoms with Crippen molar-refractivity contribution < 1.29 is 4.79 Å². The van der Waals surface area contributed by atoms with Crippen LogP contribution in [0.25, 0.3) is 0 Å². The van der Waals surface area contributed by atoms with Gasteiger partial charge in [0.2, 0.25) is 0 Å². The molecule has 0 aromatic carbocycles. The van der Waals surface area contributed by atoms with Crippen LogP contribution in [0, 0.1) is 0 Å². The first-order valence-electron chi connectivity index (χ1n) is 7.21. The smallest absolute Gasteiger partial charge is 0.314 e. The molecule has 2 amide bonds. The fourth-order valence-corrected chi connectivity index (χ4v) is 2.87. The van der Waals surface area contributed by atoms with E-state index in [1.807, 2.05) is 0 Å². The van der Waals surface area contributed by atoms with Gasteiger partial charge in [0.05, 0.1) is 0 Å². The normalized spacial score (nSPS) is 21.8. The van der Waals surface area contributed by atoms with E-state index in [0.29, 0.717) is 6.04 Å². The van der Waals surface area contributed by atoms with Gasteiger partial charge in [0.15, 0.2) is 0 Å². The van der Waals surface area contributed by atoms with E-state index >= 15 is 0 Å². The van der Waals surface area contributed by atoms with Crippen molar-refractivity contribution in [2.45, 2.75) is 51.0 Å². The van der Waals surface area contributed by atoms with Gasteiger partial charge in [0, 0.05) is 19.1 Å². The van der Waals surface area contributed by atoms with E-state index in [4.69, 9.17) is 5.73 Å². The highest BCUT2D eigenvalue weighted by atomic mass is 16.2. The number of hydrogen-bond donors (Lipinski definition) is 2. The molecule has 1 heterocycles. The van der Waals surface area contributed by atoms with Gasteiger partial charge in [0.1, 0.15) is 0 Å². The lowest BCUT2D eigenvalue weighted by Gasteiger charge is -2.31. The number of likely N-dealkylation sites (tertiary alicyclic amines) is 1. The maximum Gasteiger partial charge on any atom is 0.314 e. The van der Waals surface area contributed by atoms with E-state index in [-0.39, 0.29) is 6.03 Å². The van der Waals surface area contributed by atoms with Crippen LogP contribution in [0.15, 0.2) is 11.6 Å². The predicted octanol–water partition coefficient (Wildman–Crippen LogP) is 2.01. The second-order valence-electron chi connectivity index (χ2n) is 5.41. The average Bonchev–Trinajstić information content (AvgIpc) is 2.40. The number of nitrogens with two attached hydrogens (primary N) is 1. The summed E-state index contributed by atoms with van der Waals surface area (Å²) in [5.74, 6) is 0. The van der Waals surface area contributed by atoms with Crippen molar-refractivity contribution in [2.24, 2.45) is 5.73 Å². The Balaban J connectivity index is 1.60. The third-order valence-corrected chi connectivity index (χ3v) is 4.07. The van der Waals surface area contributed by atoms with Gasteiger partial charge in [-0.05, 0) is 51.5 Å². The molecule has 2 aliphatic rings. The molecule has 0 bridgehead atoms. The summed E-state index contributed by atoms with van der Waals surface area (Å²) in [7, 11) is 0. The molecule has 0 aromatic heterocycles. The monoisotopic (exact) mass is 251 g/mol. The Morgan fingerprint density at radius 2 is 2.17 bits per heavy atom. The molecule has 1 aliphatic carbocycles. The lowest BCUT2D eigenvalue weighted by atomic mass is 9.97. The highest BCUT2D eigenvalue weighted by molar-refractivity contribution is 5.72. The highest BCUT2D eigenvalue weighted by Gasteiger charge is 2.20. The van der Waals surface area contributed by atoms with Crippen molar-refractivity contribution in [3.05, 3.63) is 11.6 Å². The Bertz CT molecular complexity index is 306. The average molecular weight is 251 g/mol. The number of nitrogens with zero attached hydrogens (tertiary/aromatic N) is 1. The van der Waals surface area contributed by atoms with E-state index in [2.05, 4.69) is 11.4 Å². The Hall–Kier alpha value is -1.03. The molecule has 0 unspecified atom stereocenters. The van der Waals surface area contributed by atoms with Gasteiger partial charge >= 0.3 is 6.03 Å². The van der Waals surface area contributed by atoms with Crippen LogP contribution in [0.2, 0.25) is 0 Å². The van der Waals surface area contributed by atoms with Crippen LogP contribution in [0.3, 0.4) is 0 Å². The van der Waals surface area contributed by atoms with Crippen molar-refractivity contribution in [3.8, 4) is 0 Å². The molecule has 1 saturated heterocycles. The van der Waals surface area contributed by atoms with Crippen LogP contribution in [-0.4, -0.2) is 36.6 Å². The summed E-state index contributed by atoms with van der Waals surface area (Å²) in [5, 5.41) is 3.61. The molecule has 4 heteroatoms. The highest BCUT2D eigenvalue weighted by Crippen LogP contribution is 2.19. The first-order chi connectivity index (χ1) is 8.75. The lowest BCUT2D eigenvalue weighted by Crippen LogP contribution is -2.47. The third-order valence-electron chi connectivity index (χ3n) is 4.07. The molecule has 18 heavy (non-hydrogen) atoms. The fourth-order valence-electron chi connectivity index (χ4n) is 2.87. The topological polar surface area (TPSA) is 58.4 Å². The van der Waals surface area contributed by atoms with Gasteiger partial charge in [-0.3, -0.25) is 0 Å². The maximum absolute atomic E-state index is 11.0. The minimum atomic E-state index is -0.277. The van der Waals surface area contributed by atoms with Crippen LogP contribution >= 0.6 is 0 Å². The summed E-state index contributed by atoms with van der Waals surface area (Å²) in [4.78, 5) is 12.7. The minimum Gasteiger partial charge on any atom is -0.351 e. The Morgan fingerprint density at radius 3 is 2.78 bits per heavy atom. The van der Waals surface area contributed by atoms with E-state index in [0.717, 1.165) is 32.5 Å². The second kappa shape index (κ2) is 6.78. The van der Waals surface area contributed by atoms with Crippen LogP contribution in [0.1, 0.15) is 44.9 Å². The number of nitrogens with one attached hydrogen (secondary N) is 1.